The molecule has 35 heavy (non-hydrogen) atoms. The van der Waals surface area contributed by atoms with Gasteiger partial charge >= 0.3 is 0 Å². The number of benzene rings is 2. The highest BCUT2D eigenvalue weighted by Crippen LogP contribution is 2.51. The van der Waals surface area contributed by atoms with E-state index in [-0.39, 0.29) is 29.4 Å². The summed E-state index contributed by atoms with van der Waals surface area (Å²) in [5, 5.41) is 12.5. The zero-order valence-electron chi connectivity index (χ0n) is 20.8. The number of nitrogens with zero attached hydrogens (tertiary/aromatic N) is 2. The van der Waals surface area contributed by atoms with Crippen LogP contribution in [0.1, 0.15) is 57.7 Å². The zero-order valence-corrected chi connectivity index (χ0v) is 20.8. The van der Waals surface area contributed by atoms with Crippen LogP contribution in [0.25, 0.3) is 11.1 Å². The van der Waals surface area contributed by atoms with Crippen LogP contribution >= 0.6 is 0 Å². The average molecular weight is 484 g/mol. The van der Waals surface area contributed by atoms with Gasteiger partial charge in [-0.1, -0.05) is 32.0 Å². The topological polar surface area (TPSA) is 55.8 Å². The van der Waals surface area contributed by atoms with Gasteiger partial charge in [-0.3, -0.25) is 0 Å². The summed E-state index contributed by atoms with van der Waals surface area (Å²) in [5.74, 6) is -1.49. The minimum absolute atomic E-state index is 0.0749. The Morgan fingerprint density at radius 3 is 2.31 bits per heavy atom. The summed E-state index contributed by atoms with van der Waals surface area (Å²) in [6.45, 7) is 10.4. The van der Waals surface area contributed by atoms with Crippen LogP contribution in [0.15, 0.2) is 30.3 Å². The monoisotopic (exact) mass is 483 g/mol. The van der Waals surface area contributed by atoms with Gasteiger partial charge in [0.15, 0.2) is 17.4 Å². The molecule has 6 rings (SSSR count). The molecule has 0 N–H and O–H groups in total. The van der Waals surface area contributed by atoms with Crippen molar-refractivity contribution in [2.24, 2.45) is 11.3 Å². The molecule has 2 aromatic rings. The summed E-state index contributed by atoms with van der Waals surface area (Å²) in [6, 6.07) is 7.88. The van der Waals surface area contributed by atoms with Gasteiger partial charge in [-0.05, 0) is 91.9 Å². The van der Waals surface area contributed by atoms with E-state index in [1.807, 2.05) is 18.2 Å². The fourth-order valence-electron chi connectivity index (χ4n) is 6.50. The van der Waals surface area contributed by atoms with Crippen molar-refractivity contribution in [3.8, 4) is 16.9 Å². The van der Waals surface area contributed by atoms with Crippen molar-refractivity contribution < 1.29 is 23.4 Å². The van der Waals surface area contributed by atoms with Crippen molar-refractivity contribution in [2.75, 3.05) is 19.6 Å². The lowest BCUT2D eigenvalue weighted by Crippen LogP contribution is -2.62. The van der Waals surface area contributed by atoms with Gasteiger partial charge in [0.25, 0.3) is 0 Å². The maximum absolute atomic E-state index is 14.6. The molecule has 3 saturated heterocycles. The van der Waals surface area contributed by atoms with E-state index in [9.17, 15) is 18.7 Å². The van der Waals surface area contributed by atoms with E-state index in [2.05, 4.69) is 18.7 Å². The molecule has 0 saturated carbocycles. The number of hydrogen-bond acceptors (Lipinski definition) is 4. The van der Waals surface area contributed by atoms with Gasteiger partial charge in [0.2, 0.25) is 0 Å². The highest BCUT2D eigenvalue weighted by atomic mass is 19.1. The van der Waals surface area contributed by atoms with Crippen molar-refractivity contribution in [1.29, 1.82) is 0 Å². The number of piperidine rings is 3. The molecule has 0 radical (unpaired) electrons. The van der Waals surface area contributed by atoms with E-state index in [4.69, 9.17) is 4.74 Å². The number of ether oxygens (including phenoxy) is 1. The van der Waals surface area contributed by atoms with Crippen molar-refractivity contribution >= 4 is 6.09 Å². The minimum atomic E-state index is -1.12. The Morgan fingerprint density at radius 2 is 1.77 bits per heavy atom. The summed E-state index contributed by atoms with van der Waals surface area (Å²) < 4.78 is 34.6. The Labute approximate surface area is 205 Å². The minimum Gasteiger partial charge on any atom is -0.530 e. The molecule has 4 aliphatic rings. The van der Waals surface area contributed by atoms with Gasteiger partial charge in [-0.15, -0.1) is 0 Å². The normalized spacial score (nSPS) is 26.6. The molecule has 1 amide bonds. The second-order valence-electron chi connectivity index (χ2n) is 11.3. The van der Waals surface area contributed by atoms with E-state index in [0.29, 0.717) is 23.5 Å². The van der Waals surface area contributed by atoms with E-state index in [1.165, 1.54) is 12.1 Å². The first-order chi connectivity index (χ1) is 16.5. The summed E-state index contributed by atoms with van der Waals surface area (Å²) in [4.78, 5) is 16.5. The highest BCUT2D eigenvalue weighted by molar-refractivity contribution is 5.69. The van der Waals surface area contributed by atoms with E-state index in [1.54, 1.807) is 18.7 Å². The summed E-state index contributed by atoms with van der Waals surface area (Å²) in [5.41, 5.74) is 2.75. The molecule has 3 fully saturated rings. The predicted molar refractivity (Wildman–Crippen MR) is 128 cm³/mol. The van der Waals surface area contributed by atoms with Crippen molar-refractivity contribution in [2.45, 2.75) is 65.1 Å². The first kappa shape index (κ1) is 24.0. The Bertz CT molecular complexity index is 1120. The molecular formula is C28H33F2N2O3-. The van der Waals surface area contributed by atoms with Crippen LogP contribution < -0.4 is 9.84 Å². The molecular weight excluding hydrogens is 450 g/mol. The summed E-state index contributed by atoms with van der Waals surface area (Å²) in [7, 11) is 0. The Morgan fingerprint density at radius 1 is 1.11 bits per heavy atom. The molecule has 2 bridgehead atoms. The van der Waals surface area contributed by atoms with Gasteiger partial charge in [-0.2, -0.15) is 0 Å². The number of rotatable bonds is 5. The molecule has 0 unspecified atom stereocenters. The molecule has 0 aromatic heterocycles. The maximum atomic E-state index is 14.6. The SMILES string of the molecule is CC(C)Oc1c(F)cc(-c2ccc3c(c2)CC(C)(C)[C@H]3N(C(=O)[O-])[C@@H]2CN3CCC2CC3)cc1F. The largest absolute Gasteiger partial charge is 0.530 e. The van der Waals surface area contributed by atoms with Crippen LogP contribution in [0.5, 0.6) is 5.75 Å². The number of amides is 1. The lowest BCUT2D eigenvalue weighted by atomic mass is 9.79. The maximum Gasteiger partial charge on any atom is 0.191 e. The number of halogens is 2. The number of carboxylic acid groups (broad SMARTS) is 1. The van der Waals surface area contributed by atoms with E-state index < -0.39 is 17.7 Å². The third-order valence-electron chi connectivity index (χ3n) is 7.98. The van der Waals surface area contributed by atoms with Gasteiger partial charge in [0.05, 0.1) is 12.1 Å². The number of hydrogen-bond donors (Lipinski definition) is 0. The Hall–Kier alpha value is -2.67. The van der Waals surface area contributed by atoms with Crippen LogP contribution in [0.2, 0.25) is 0 Å². The summed E-state index contributed by atoms with van der Waals surface area (Å²) in [6.07, 6.45) is 1.24. The second-order valence-corrected chi connectivity index (χ2v) is 11.3. The molecule has 188 valence electrons. The van der Waals surface area contributed by atoms with Crippen LogP contribution in [0.3, 0.4) is 0 Å². The average Bonchev–Trinajstić information content (AvgIpc) is 3.06. The fourth-order valence-corrected chi connectivity index (χ4v) is 6.50. The Kier molecular flexibility index (Phi) is 6.02. The second kappa shape index (κ2) is 8.77. The standard InChI is InChI=1S/C28H34F2N2O3/c1-16(2)35-25-22(29)12-19(13-23(25)30)18-5-6-21-20(11-18)14-28(3,4)26(21)32(27(33)34)24-15-31-9-7-17(24)8-10-31/h5-6,11-13,16-17,24,26H,7-10,14-15H2,1-4H3,(H,33,34)/p-1/t24-,26+/m1/s1. The summed E-state index contributed by atoms with van der Waals surface area (Å²) >= 11 is 0. The Balaban J connectivity index is 1.50. The molecule has 7 heteroatoms. The van der Waals surface area contributed by atoms with Gasteiger partial charge in [0.1, 0.15) is 6.09 Å². The van der Waals surface area contributed by atoms with Crippen molar-refractivity contribution in [3.63, 3.8) is 0 Å². The van der Waals surface area contributed by atoms with Crippen LogP contribution in [-0.4, -0.2) is 47.7 Å². The highest BCUT2D eigenvalue weighted by Gasteiger charge is 2.48. The van der Waals surface area contributed by atoms with Crippen LogP contribution in [-0.2, 0) is 6.42 Å². The molecule has 1 aliphatic carbocycles. The fraction of sp³-hybridized carbons (Fsp3) is 0.536. The number of fused-ring (bicyclic) bond motifs is 4. The van der Waals surface area contributed by atoms with Crippen molar-refractivity contribution in [3.05, 3.63) is 53.1 Å². The third-order valence-corrected chi connectivity index (χ3v) is 7.98. The van der Waals surface area contributed by atoms with E-state index >= 15 is 0 Å². The lowest BCUT2D eigenvalue weighted by Gasteiger charge is -2.53. The molecule has 2 atom stereocenters. The van der Waals surface area contributed by atoms with Gasteiger partial charge in [-0.25, -0.2) is 8.78 Å². The number of carbonyl (C=O) groups is 1. The molecule has 3 aliphatic heterocycles. The van der Waals surface area contributed by atoms with Gasteiger partial charge in [0, 0.05) is 12.6 Å². The lowest BCUT2D eigenvalue weighted by molar-refractivity contribution is -0.276. The van der Waals surface area contributed by atoms with Crippen LogP contribution in [0.4, 0.5) is 13.6 Å². The molecule has 0 spiro atoms. The first-order valence-corrected chi connectivity index (χ1v) is 12.6. The molecule has 2 aromatic carbocycles. The van der Waals surface area contributed by atoms with E-state index in [0.717, 1.165) is 43.6 Å². The third kappa shape index (κ3) is 4.28. The smallest absolute Gasteiger partial charge is 0.191 e. The molecule has 5 nitrogen and oxygen atoms in total. The van der Waals surface area contributed by atoms with Crippen LogP contribution in [0, 0.1) is 23.0 Å². The quantitative estimate of drug-likeness (QED) is 0.614. The predicted octanol–water partition coefficient (Wildman–Crippen LogP) is 4.78. The van der Waals surface area contributed by atoms with Gasteiger partial charge < -0.3 is 24.4 Å². The number of carbonyl (C=O) groups excluding carboxylic acids is 1. The van der Waals surface area contributed by atoms with Crippen molar-refractivity contribution in [1.82, 2.24) is 9.80 Å². The molecule has 3 heterocycles. The zero-order chi connectivity index (χ0) is 25.1. The first-order valence-electron chi connectivity index (χ1n) is 12.6.